The number of hydrogen-bond donors (Lipinski definition) is 2. The molecule has 108 valence electrons. The molecule has 2 aliphatic rings. The molecule has 0 aromatic heterocycles. The van der Waals surface area contributed by atoms with Crippen LogP contribution in [-0.4, -0.2) is 29.8 Å². The van der Waals surface area contributed by atoms with E-state index >= 15 is 0 Å². The number of amides is 1. The molecule has 1 aliphatic carbocycles. The van der Waals surface area contributed by atoms with E-state index in [1.807, 2.05) is 24.3 Å². The highest BCUT2D eigenvalue weighted by molar-refractivity contribution is 5.77. The van der Waals surface area contributed by atoms with E-state index in [1.54, 1.807) is 0 Å². The van der Waals surface area contributed by atoms with Gasteiger partial charge in [0.25, 0.3) is 0 Å². The number of carbonyl (C=O) groups is 1. The third-order valence-electron chi connectivity index (χ3n) is 4.21. The maximum absolute atomic E-state index is 12.1. The van der Waals surface area contributed by atoms with Crippen molar-refractivity contribution in [1.82, 2.24) is 5.32 Å². The van der Waals surface area contributed by atoms with Crippen LogP contribution >= 0.6 is 0 Å². The Bertz CT molecular complexity index is 482. The molecule has 4 nitrogen and oxygen atoms in total. The monoisotopic (exact) mass is 275 g/mol. The molecule has 1 aliphatic heterocycles. The average molecular weight is 275 g/mol. The lowest BCUT2D eigenvalue weighted by Crippen LogP contribution is -2.36. The summed E-state index contributed by atoms with van der Waals surface area (Å²) in [6.07, 6.45) is 3.70. The summed E-state index contributed by atoms with van der Waals surface area (Å²) < 4.78 is 5.59. The fraction of sp³-hybridized carbons (Fsp3) is 0.562. The van der Waals surface area contributed by atoms with Crippen molar-refractivity contribution >= 4 is 5.91 Å². The van der Waals surface area contributed by atoms with Crippen LogP contribution < -0.4 is 5.32 Å². The predicted octanol–water partition coefficient (Wildman–Crippen LogP) is 1.72. The molecule has 1 unspecified atom stereocenters. The molecule has 1 aromatic rings. The van der Waals surface area contributed by atoms with Crippen LogP contribution in [-0.2, 0) is 16.0 Å². The van der Waals surface area contributed by atoms with Gasteiger partial charge in [0.1, 0.15) is 0 Å². The van der Waals surface area contributed by atoms with Crippen LogP contribution in [0.2, 0.25) is 0 Å². The van der Waals surface area contributed by atoms with Crippen molar-refractivity contribution in [3.63, 3.8) is 0 Å². The second-order valence-corrected chi connectivity index (χ2v) is 5.71. The average Bonchev–Trinajstić information content (AvgIpc) is 2.76. The Balaban J connectivity index is 1.61. The zero-order valence-corrected chi connectivity index (χ0v) is 11.5. The highest BCUT2D eigenvalue weighted by Gasteiger charge is 2.32. The number of aliphatic hydroxyl groups excluding tert-OH is 1. The molecule has 0 spiro atoms. The SMILES string of the molecule is O=C(CC1CCCCO1)N[C@H]1c2ccccc2C[C@H]1O. The first-order valence-corrected chi connectivity index (χ1v) is 7.41. The van der Waals surface area contributed by atoms with E-state index in [-0.39, 0.29) is 18.1 Å². The standard InChI is InChI=1S/C16H21NO3/c18-14-9-11-5-1-2-7-13(11)16(14)17-15(19)10-12-6-3-4-8-20-12/h1-2,5,7,12,14,16,18H,3-4,6,8-10H2,(H,17,19)/t12?,14-,16+/m1/s1. The summed E-state index contributed by atoms with van der Waals surface area (Å²) in [7, 11) is 0. The minimum absolute atomic E-state index is 0.0300. The van der Waals surface area contributed by atoms with Crippen molar-refractivity contribution < 1.29 is 14.6 Å². The van der Waals surface area contributed by atoms with Gasteiger partial charge in [-0.05, 0) is 30.4 Å². The highest BCUT2D eigenvalue weighted by atomic mass is 16.5. The summed E-state index contributed by atoms with van der Waals surface area (Å²) in [4.78, 5) is 12.1. The second-order valence-electron chi connectivity index (χ2n) is 5.71. The number of benzene rings is 1. The van der Waals surface area contributed by atoms with Crippen LogP contribution in [0.1, 0.15) is 42.9 Å². The molecule has 1 aromatic carbocycles. The lowest BCUT2D eigenvalue weighted by molar-refractivity contribution is -0.126. The zero-order valence-electron chi connectivity index (χ0n) is 11.5. The maximum atomic E-state index is 12.1. The van der Waals surface area contributed by atoms with Crippen molar-refractivity contribution in [1.29, 1.82) is 0 Å². The van der Waals surface area contributed by atoms with E-state index in [0.717, 1.165) is 37.0 Å². The summed E-state index contributed by atoms with van der Waals surface area (Å²) in [5.41, 5.74) is 2.16. The van der Waals surface area contributed by atoms with Crippen LogP contribution in [0.4, 0.5) is 0 Å². The summed E-state index contributed by atoms with van der Waals surface area (Å²) in [6, 6.07) is 7.62. The Morgan fingerprint density at radius 2 is 2.20 bits per heavy atom. The molecule has 1 saturated heterocycles. The smallest absolute Gasteiger partial charge is 0.223 e. The highest BCUT2D eigenvalue weighted by Crippen LogP contribution is 2.31. The normalized spacial score (nSPS) is 28.9. The van der Waals surface area contributed by atoms with E-state index in [9.17, 15) is 9.90 Å². The largest absolute Gasteiger partial charge is 0.390 e. The molecular weight excluding hydrogens is 254 g/mol. The maximum Gasteiger partial charge on any atom is 0.223 e. The van der Waals surface area contributed by atoms with Crippen LogP contribution in [0.25, 0.3) is 0 Å². The molecule has 3 rings (SSSR count). The minimum atomic E-state index is -0.524. The van der Waals surface area contributed by atoms with Crippen LogP contribution in [0.3, 0.4) is 0 Å². The lowest BCUT2D eigenvalue weighted by atomic mass is 10.0. The van der Waals surface area contributed by atoms with Gasteiger partial charge in [0.2, 0.25) is 5.91 Å². The lowest BCUT2D eigenvalue weighted by Gasteiger charge is -2.24. The summed E-state index contributed by atoms with van der Waals surface area (Å²) in [5, 5.41) is 13.1. The molecule has 4 heteroatoms. The quantitative estimate of drug-likeness (QED) is 0.883. The van der Waals surface area contributed by atoms with E-state index in [4.69, 9.17) is 4.74 Å². The molecule has 2 N–H and O–H groups in total. The first-order valence-electron chi connectivity index (χ1n) is 7.41. The van der Waals surface area contributed by atoms with Gasteiger partial charge >= 0.3 is 0 Å². The third-order valence-corrected chi connectivity index (χ3v) is 4.21. The van der Waals surface area contributed by atoms with Gasteiger partial charge in [0.05, 0.1) is 24.7 Å². The Morgan fingerprint density at radius 3 is 3.00 bits per heavy atom. The van der Waals surface area contributed by atoms with Gasteiger partial charge in [-0.15, -0.1) is 0 Å². The van der Waals surface area contributed by atoms with Crippen molar-refractivity contribution in [2.45, 2.75) is 50.4 Å². The number of hydrogen-bond acceptors (Lipinski definition) is 3. The van der Waals surface area contributed by atoms with Gasteiger partial charge in [0, 0.05) is 13.0 Å². The molecule has 0 bridgehead atoms. The summed E-state index contributed by atoms with van der Waals surface area (Å²) >= 11 is 0. The van der Waals surface area contributed by atoms with E-state index in [1.165, 1.54) is 0 Å². The predicted molar refractivity (Wildman–Crippen MR) is 75.2 cm³/mol. The fourth-order valence-corrected chi connectivity index (χ4v) is 3.16. The number of ether oxygens (including phenoxy) is 1. The molecule has 1 fully saturated rings. The van der Waals surface area contributed by atoms with Crippen LogP contribution in [0.5, 0.6) is 0 Å². The van der Waals surface area contributed by atoms with Gasteiger partial charge in [-0.3, -0.25) is 4.79 Å². The van der Waals surface area contributed by atoms with Gasteiger partial charge in [-0.2, -0.15) is 0 Å². The molecule has 1 heterocycles. The molecule has 20 heavy (non-hydrogen) atoms. The molecule has 1 amide bonds. The molecule has 0 saturated carbocycles. The van der Waals surface area contributed by atoms with Gasteiger partial charge < -0.3 is 15.2 Å². The van der Waals surface area contributed by atoms with E-state index in [0.29, 0.717) is 12.8 Å². The molecular formula is C16H21NO3. The van der Waals surface area contributed by atoms with Crippen molar-refractivity contribution in [2.24, 2.45) is 0 Å². The van der Waals surface area contributed by atoms with Crippen molar-refractivity contribution in [2.75, 3.05) is 6.61 Å². The topological polar surface area (TPSA) is 58.6 Å². The number of nitrogens with one attached hydrogen (secondary N) is 1. The number of rotatable bonds is 3. The Labute approximate surface area is 119 Å². The van der Waals surface area contributed by atoms with Crippen LogP contribution in [0, 0.1) is 0 Å². The number of fused-ring (bicyclic) bond motifs is 1. The third kappa shape index (κ3) is 2.86. The Morgan fingerprint density at radius 1 is 1.35 bits per heavy atom. The molecule has 0 radical (unpaired) electrons. The van der Waals surface area contributed by atoms with Crippen LogP contribution in [0.15, 0.2) is 24.3 Å². The van der Waals surface area contributed by atoms with Crippen molar-refractivity contribution in [3.8, 4) is 0 Å². The Kier molecular flexibility index (Phi) is 4.03. The number of carbonyl (C=O) groups excluding carboxylic acids is 1. The summed E-state index contributed by atoms with van der Waals surface area (Å²) in [5.74, 6) is -0.0300. The fourth-order valence-electron chi connectivity index (χ4n) is 3.16. The number of aliphatic hydroxyl groups is 1. The summed E-state index contributed by atoms with van der Waals surface area (Å²) in [6.45, 7) is 0.757. The minimum Gasteiger partial charge on any atom is -0.390 e. The first-order chi connectivity index (χ1) is 9.74. The van der Waals surface area contributed by atoms with Gasteiger partial charge in [-0.1, -0.05) is 24.3 Å². The van der Waals surface area contributed by atoms with Crippen molar-refractivity contribution in [3.05, 3.63) is 35.4 Å². The molecule has 3 atom stereocenters. The zero-order chi connectivity index (χ0) is 13.9. The second kappa shape index (κ2) is 5.94. The van der Waals surface area contributed by atoms with E-state index in [2.05, 4.69) is 5.32 Å². The van der Waals surface area contributed by atoms with E-state index < -0.39 is 6.10 Å². The van der Waals surface area contributed by atoms with Gasteiger partial charge in [-0.25, -0.2) is 0 Å². The first kappa shape index (κ1) is 13.6. The Hall–Kier alpha value is -1.39. The van der Waals surface area contributed by atoms with Gasteiger partial charge in [0.15, 0.2) is 0 Å².